The normalized spacial score (nSPS) is 12.4. The molecule has 0 bridgehead atoms. The van der Waals surface area contributed by atoms with Gasteiger partial charge in [0.15, 0.2) is 6.29 Å². The lowest BCUT2D eigenvalue weighted by Crippen LogP contribution is -2.17. The number of ether oxygens (including phenoxy) is 2. The quantitative estimate of drug-likeness (QED) is 0.764. The van der Waals surface area contributed by atoms with Gasteiger partial charge in [0.05, 0.1) is 18.6 Å². The number of nitriles is 1. The smallest absolute Gasteiger partial charge is 0.160 e. The van der Waals surface area contributed by atoms with Crippen LogP contribution in [0.3, 0.4) is 0 Å². The number of aliphatic hydroxyl groups excluding tert-OH is 1. The van der Waals surface area contributed by atoms with Crippen molar-refractivity contribution in [3.8, 4) is 6.07 Å². The Bertz CT molecular complexity index is 382. The van der Waals surface area contributed by atoms with E-state index in [-0.39, 0.29) is 12.7 Å². The van der Waals surface area contributed by atoms with Crippen LogP contribution in [0, 0.1) is 11.3 Å². The molecule has 0 aliphatic heterocycles. The predicted molar refractivity (Wildman–Crippen MR) is 63.1 cm³/mol. The van der Waals surface area contributed by atoms with E-state index in [1.54, 1.807) is 14.2 Å². The van der Waals surface area contributed by atoms with Gasteiger partial charge in [-0.3, -0.25) is 0 Å². The number of methoxy groups -OCH3 is 2. The molecule has 1 aromatic rings. The molecule has 0 saturated heterocycles. The van der Waals surface area contributed by atoms with Gasteiger partial charge in [-0.2, -0.15) is 5.26 Å². The van der Waals surface area contributed by atoms with Crippen molar-refractivity contribution >= 4 is 0 Å². The van der Waals surface area contributed by atoms with E-state index >= 15 is 0 Å². The van der Waals surface area contributed by atoms with Gasteiger partial charge in [0, 0.05) is 20.6 Å². The van der Waals surface area contributed by atoms with Gasteiger partial charge in [0.25, 0.3) is 0 Å². The molecule has 0 amide bonds. The SMILES string of the molecule is COC(Cc1ccccc1C(O)CC#N)OC. The summed E-state index contributed by atoms with van der Waals surface area (Å²) in [7, 11) is 3.14. The molecule has 1 atom stereocenters. The van der Waals surface area contributed by atoms with Gasteiger partial charge in [-0.1, -0.05) is 24.3 Å². The third kappa shape index (κ3) is 3.82. The van der Waals surface area contributed by atoms with Crippen molar-refractivity contribution < 1.29 is 14.6 Å². The molecule has 92 valence electrons. The van der Waals surface area contributed by atoms with Crippen molar-refractivity contribution in [1.82, 2.24) is 0 Å². The van der Waals surface area contributed by atoms with Gasteiger partial charge < -0.3 is 14.6 Å². The summed E-state index contributed by atoms with van der Waals surface area (Å²) in [5, 5.41) is 18.5. The fourth-order valence-corrected chi connectivity index (χ4v) is 1.68. The Morgan fingerprint density at radius 3 is 2.53 bits per heavy atom. The number of hydrogen-bond acceptors (Lipinski definition) is 4. The van der Waals surface area contributed by atoms with Gasteiger partial charge in [-0.25, -0.2) is 0 Å². The zero-order chi connectivity index (χ0) is 12.7. The summed E-state index contributed by atoms with van der Waals surface area (Å²) in [6.45, 7) is 0. The van der Waals surface area contributed by atoms with Crippen molar-refractivity contribution in [1.29, 1.82) is 5.26 Å². The molecular formula is C13H17NO3. The van der Waals surface area contributed by atoms with Crippen molar-refractivity contribution in [2.24, 2.45) is 0 Å². The second kappa shape index (κ2) is 7.02. The Hall–Kier alpha value is -1.41. The molecule has 0 fully saturated rings. The zero-order valence-electron chi connectivity index (χ0n) is 10.1. The van der Waals surface area contributed by atoms with E-state index in [2.05, 4.69) is 0 Å². The standard InChI is InChI=1S/C13H17NO3/c1-16-13(17-2)9-10-5-3-4-6-11(10)12(15)7-8-14/h3-6,12-13,15H,7,9H2,1-2H3. The molecule has 0 saturated carbocycles. The molecule has 0 aromatic heterocycles. The Kier molecular flexibility index (Phi) is 5.64. The largest absolute Gasteiger partial charge is 0.387 e. The van der Waals surface area contributed by atoms with Crippen LogP contribution < -0.4 is 0 Å². The van der Waals surface area contributed by atoms with Gasteiger partial charge >= 0.3 is 0 Å². The Labute approximate surface area is 101 Å². The summed E-state index contributed by atoms with van der Waals surface area (Å²) in [4.78, 5) is 0. The molecule has 4 heteroatoms. The first-order valence-corrected chi connectivity index (χ1v) is 5.41. The lowest BCUT2D eigenvalue weighted by Gasteiger charge is -2.17. The molecule has 0 spiro atoms. The minimum absolute atomic E-state index is 0.0850. The minimum atomic E-state index is -0.759. The zero-order valence-corrected chi connectivity index (χ0v) is 10.1. The van der Waals surface area contributed by atoms with E-state index in [0.717, 1.165) is 11.1 Å². The molecule has 1 N–H and O–H groups in total. The molecule has 0 heterocycles. The summed E-state index contributed by atoms with van der Waals surface area (Å²) in [6.07, 6.45) is -0.469. The van der Waals surface area contributed by atoms with E-state index in [0.29, 0.717) is 6.42 Å². The van der Waals surface area contributed by atoms with Crippen LogP contribution in [0.1, 0.15) is 23.7 Å². The molecular weight excluding hydrogens is 218 g/mol. The Balaban J connectivity index is 2.88. The fourth-order valence-electron chi connectivity index (χ4n) is 1.68. The summed E-state index contributed by atoms with van der Waals surface area (Å²) >= 11 is 0. The highest BCUT2D eigenvalue weighted by Crippen LogP contribution is 2.22. The van der Waals surface area contributed by atoms with Crippen LogP contribution in [0.15, 0.2) is 24.3 Å². The van der Waals surface area contributed by atoms with Crippen molar-refractivity contribution in [3.05, 3.63) is 35.4 Å². The van der Waals surface area contributed by atoms with Crippen LogP contribution >= 0.6 is 0 Å². The van der Waals surface area contributed by atoms with Crippen LogP contribution in [-0.2, 0) is 15.9 Å². The summed E-state index contributed by atoms with van der Waals surface area (Å²) in [5.74, 6) is 0. The van der Waals surface area contributed by atoms with Crippen molar-refractivity contribution in [2.45, 2.75) is 25.2 Å². The first kappa shape index (κ1) is 13.7. The third-order valence-electron chi connectivity index (χ3n) is 2.61. The number of rotatable bonds is 6. The van der Waals surface area contributed by atoms with Crippen LogP contribution in [0.2, 0.25) is 0 Å². The highest BCUT2D eigenvalue weighted by Gasteiger charge is 2.15. The molecule has 1 unspecified atom stereocenters. The summed E-state index contributed by atoms with van der Waals surface area (Å²) in [6, 6.07) is 9.42. The van der Waals surface area contributed by atoms with Gasteiger partial charge in [0.1, 0.15) is 0 Å². The van der Waals surface area contributed by atoms with Gasteiger partial charge in [-0.05, 0) is 11.1 Å². The maximum atomic E-state index is 9.86. The van der Waals surface area contributed by atoms with E-state index in [4.69, 9.17) is 14.7 Å². The van der Waals surface area contributed by atoms with E-state index in [1.165, 1.54) is 0 Å². The van der Waals surface area contributed by atoms with Gasteiger partial charge in [0.2, 0.25) is 0 Å². The molecule has 1 aromatic carbocycles. The second-order valence-corrected chi connectivity index (χ2v) is 3.68. The summed E-state index contributed by atoms with van der Waals surface area (Å²) in [5.41, 5.74) is 1.69. The number of aliphatic hydroxyl groups is 1. The number of benzene rings is 1. The van der Waals surface area contributed by atoms with Crippen LogP contribution in [0.25, 0.3) is 0 Å². The molecule has 4 nitrogen and oxygen atoms in total. The number of nitrogens with zero attached hydrogens (tertiary/aromatic N) is 1. The minimum Gasteiger partial charge on any atom is -0.387 e. The highest BCUT2D eigenvalue weighted by atomic mass is 16.7. The summed E-state index contributed by atoms with van der Waals surface area (Å²) < 4.78 is 10.3. The molecule has 17 heavy (non-hydrogen) atoms. The van der Waals surface area contributed by atoms with E-state index < -0.39 is 6.10 Å². The predicted octanol–water partition coefficient (Wildman–Crippen LogP) is 1.80. The molecule has 0 radical (unpaired) electrons. The van der Waals surface area contributed by atoms with Crippen molar-refractivity contribution in [2.75, 3.05) is 14.2 Å². The third-order valence-corrected chi connectivity index (χ3v) is 2.61. The molecule has 1 rings (SSSR count). The van der Waals surface area contributed by atoms with Crippen LogP contribution in [0.5, 0.6) is 0 Å². The first-order chi connectivity index (χ1) is 8.22. The average molecular weight is 235 g/mol. The monoisotopic (exact) mass is 235 g/mol. The molecule has 0 aliphatic carbocycles. The topological polar surface area (TPSA) is 62.5 Å². The Morgan fingerprint density at radius 2 is 1.94 bits per heavy atom. The van der Waals surface area contributed by atoms with Gasteiger partial charge in [-0.15, -0.1) is 0 Å². The maximum absolute atomic E-state index is 9.86. The fraction of sp³-hybridized carbons (Fsp3) is 0.462. The van der Waals surface area contributed by atoms with E-state index in [1.807, 2.05) is 30.3 Å². The second-order valence-electron chi connectivity index (χ2n) is 3.68. The average Bonchev–Trinajstić information content (AvgIpc) is 2.36. The lowest BCUT2D eigenvalue weighted by atomic mass is 9.98. The molecule has 0 aliphatic rings. The maximum Gasteiger partial charge on any atom is 0.160 e. The highest BCUT2D eigenvalue weighted by molar-refractivity contribution is 5.30. The Morgan fingerprint density at radius 1 is 1.29 bits per heavy atom. The number of hydrogen-bond donors (Lipinski definition) is 1. The first-order valence-electron chi connectivity index (χ1n) is 5.41. The lowest BCUT2D eigenvalue weighted by molar-refractivity contribution is -0.100. The van der Waals surface area contributed by atoms with Crippen LogP contribution in [0.4, 0.5) is 0 Å². The van der Waals surface area contributed by atoms with Crippen LogP contribution in [-0.4, -0.2) is 25.6 Å². The van der Waals surface area contributed by atoms with E-state index in [9.17, 15) is 5.11 Å². The van der Waals surface area contributed by atoms with Crippen molar-refractivity contribution in [3.63, 3.8) is 0 Å².